The number of aromatic hydroxyl groups is 1. The molecule has 5 unspecified atom stereocenters. The fourth-order valence-electron chi connectivity index (χ4n) is 7.21. The van der Waals surface area contributed by atoms with E-state index in [1.54, 1.807) is 19.1 Å². The molecule has 0 spiro atoms. The van der Waals surface area contributed by atoms with E-state index < -0.39 is 5.41 Å². The van der Waals surface area contributed by atoms with Crippen LogP contribution in [0.3, 0.4) is 0 Å². The number of carbonyl (C=O) groups excluding carboxylic acids is 3. The maximum absolute atomic E-state index is 13.0. The summed E-state index contributed by atoms with van der Waals surface area (Å²) in [6, 6.07) is 5.04. The van der Waals surface area contributed by atoms with Crippen molar-refractivity contribution in [3.05, 3.63) is 29.3 Å². The Morgan fingerprint density at radius 1 is 1.19 bits per heavy atom. The minimum atomic E-state index is -0.672. The number of ketones is 1. The van der Waals surface area contributed by atoms with E-state index in [2.05, 4.69) is 20.8 Å². The summed E-state index contributed by atoms with van der Waals surface area (Å²) < 4.78 is 5.83. The Labute approximate surface area is 191 Å². The van der Waals surface area contributed by atoms with Gasteiger partial charge in [0.05, 0.1) is 0 Å². The highest BCUT2D eigenvalue weighted by atomic mass is 16.5. The molecule has 2 aliphatic carbocycles. The van der Waals surface area contributed by atoms with Gasteiger partial charge >= 0.3 is 5.97 Å². The highest BCUT2D eigenvalue weighted by Gasteiger charge is 2.62. The van der Waals surface area contributed by atoms with Gasteiger partial charge in [0.25, 0.3) is 0 Å². The average Bonchev–Trinajstić information content (AvgIpc) is 2.68. The Bertz CT molecular complexity index is 903. The molecule has 176 valence electrons. The third-order valence-electron chi connectivity index (χ3n) is 8.47. The van der Waals surface area contributed by atoms with Crippen molar-refractivity contribution in [1.29, 1.82) is 0 Å². The summed E-state index contributed by atoms with van der Waals surface area (Å²) in [7, 11) is 0. The molecule has 3 rings (SSSR count). The molecule has 5 heteroatoms. The van der Waals surface area contributed by atoms with Gasteiger partial charge in [-0.1, -0.05) is 46.2 Å². The first-order chi connectivity index (χ1) is 14.8. The van der Waals surface area contributed by atoms with E-state index in [0.717, 1.165) is 31.1 Å². The number of hydrogen-bond donors (Lipinski definition) is 1. The van der Waals surface area contributed by atoms with Crippen molar-refractivity contribution in [2.24, 2.45) is 28.1 Å². The van der Waals surface area contributed by atoms with E-state index in [4.69, 9.17) is 4.74 Å². The van der Waals surface area contributed by atoms with Crippen LogP contribution in [-0.2, 0) is 14.3 Å². The molecule has 2 aliphatic rings. The maximum atomic E-state index is 13.0. The van der Waals surface area contributed by atoms with E-state index in [9.17, 15) is 19.5 Å². The fourth-order valence-corrected chi connectivity index (χ4v) is 7.21. The van der Waals surface area contributed by atoms with E-state index in [1.807, 2.05) is 6.92 Å². The van der Waals surface area contributed by atoms with Crippen molar-refractivity contribution in [2.75, 3.05) is 0 Å². The molecule has 0 aromatic heterocycles. The summed E-state index contributed by atoms with van der Waals surface area (Å²) in [6.45, 7) is 11.9. The summed E-state index contributed by atoms with van der Waals surface area (Å²) in [4.78, 5) is 37.4. The van der Waals surface area contributed by atoms with Crippen LogP contribution in [0.1, 0.15) is 89.1 Å². The number of ether oxygens (including phenoxy) is 1. The van der Waals surface area contributed by atoms with E-state index in [-0.39, 0.29) is 46.3 Å². The van der Waals surface area contributed by atoms with Gasteiger partial charge < -0.3 is 14.6 Å². The number of rotatable bonds is 6. The Morgan fingerprint density at radius 3 is 2.47 bits per heavy atom. The first-order valence-electron chi connectivity index (χ1n) is 11.8. The average molecular weight is 443 g/mol. The monoisotopic (exact) mass is 442 g/mol. The number of carbonyl (C=O) groups is 3. The van der Waals surface area contributed by atoms with Crippen LogP contribution in [-0.4, -0.2) is 29.2 Å². The van der Waals surface area contributed by atoms with Gasteiger partial charge in [0.2, 0.25) is 0 Å². The number of Topliss-reactive ketones (excluding diaryl/α,β-unsaturated/α-hetero) is 1. The molecule has 32 heavy (non-hydrogen) atoms. The topological polar surface area (TPSA) is 80.7 Å². The summed E-state index contributed by atoms with van der Waals surface area (Å²) >= 11 is 0. The van der Waals surface area contributed by atoms with Gasteiger partial charge in [-0.25, -0.2) is 0 Å². The molecule has 5 nitrogen and oxygen atoms in total. The standard InChI is InChI=1S/C27H38O5/c1-17-8-9-19(14-21(17)31)20(30)10-11-23-26(5,16-28)15-22(32-18(2)29)24-25(3,4)12-7-13-27(23,24)6/h8-9,14,16,22-24,31H,7,10-13,15H2,1-6H3. The Kier molecular flexibility index (Phi) is 6.61. The molecule has 2 saturated carbocycles. The lowest BCUT2D eigenvalue weighted by Crippen LogP contribution is -2.61. The van der Waals surface area contributed by atoms with Gasteiger partial charge in [0.15, 0.2) is 5.78 Å². The second kappa shape index (κ2) is 8.64. The van der Waals surface area contributed by atoms with Crippen LogP contribution < -0.4 is 0 Å². The van der Waals surface area contributed by atoms with Gasteiger partial charge in [-0.15, -0.1) is 0 Å². The first kappa shape index (κ1) is 24.5. The van der Waals surface area contributed by atoms with Gasteiger partial charge in [-0.05, 0) is 61.0 Å². The van der Waals surface area contributed by atoms with Crippen LogP contribution in [0.15, 0.2) is 18.2 Å². The molecule has 0 amide bonds. The molecule has 0 saturated heterocycles. The van der Waals surface area contributed by atoms with E-state index in [0.29, 0.717) is 24.8 Å². The van der Waals surface area contributed by atoms with E-state index in [1.165, 1.54) is 13.0 Å². The van der Waals surface area contributed by atoms with Gasteiger partial charge in [0.1, 0.15) is 18.1 Å². The summed E-state index contributed by atoms with van der Waals surface area (Å²) in [6.07, 6.45) is 5.19. The van der Waals surface area contributed by atoms with Gasteiger partial charge in [-0.2, -0.15) is 0 Å². The van der Waals surface area contributed by atoms with Crippen molar-refractivity contribution >= 4 is 18.0 Å². The zero-order chi connectivity index (χ0) is 23.9. The van der Waals surface area contributed by atoms with Crippen LogP contribution in [0, 0.1) is 35.0 Å². The Hall–Kier alpha value is -2.17. The van der Waals surface area contributed by atoms with Crippen LogP contribution in [0.2, 0.25) is 0 Å². The molecule has 1 aromatic rings. The number of benzene rings is 1. The van der Waals surface area contributed by atoms with Gasteiger partial charge in [-0.3, -0.25) is 9.59 Å². The van der Waals surface area contributed by atoms with Crippen LogP contribution in [0.25, 0.3) is 0 Å². The van der Waals surface area contributed by atoms with Crippen LogP contribution in [0.5, 0.6) is 5.75 Å². The smallest absolute Gasteiger partial charge is 0.302 e. The predicted molar refractivity (Wildman–Crippen MR) is 123 cm³/mol. The summed E-state index contributed by atoms with van der Waals surface area (Å²) in [5.41, 5.74) is 0.321. The third-order valence-corrected chi connectivity index (χ3v) is 8.47. The fraction of sp³-hybridized carbons (Fsp3) is 0.667. The lowest BCUT2D eigenvalue weighted by atomic mass is 9.42. The van der Waals surface area contributed by atoms with Gasteiger partial charge in [0, 0.05) is 30.2 Å². The second-order valence-corrected chi connectivity index (χ2v) is 11.3. The molecule has 0 aliphatic heterocycles. The summed E-state index contributed by atoms with van der Waals surface area (Å²) in [5.74, 6) is -0.0711. The van der Waals surface area contributed by atoms with Crippen molar-refractivity contribution in [2.45, 2.75) is 86.2 Å². The van der Waals surface area contributed by atoms with E-state index >= 15 is 0 Å². The molecular weight excluding hydrogens is 404 g/mol. The third kappa shape index (κ3) is 4.35. The lowest BCUT2D eigenvalue weighted by Gasteiger charge is -2.63. The molecule has 5 atom stereocenters. The molecule has 2 fully saturated rings. The normalized spacial score (nSPS) is 33.8. The lowest BCUT2D eigenvalue weighted by molar-refractivity contribution is -0.202. The number of hydrogen-bond acceptors (Lipinski definition) is 5. The summed E-state index contributed by atoms with van der Waals surface area (Å²) in [5, 5.41) is 10.0. The van der Waals surface area contributed by atoms with Crippen LogP contribution >= 0.6 is 0 Å². The number of aldehydes is 1. The maximum Gasteiger partial charge on any atom is 0.302 e. The number of esters is 1. The Morgan fingerprint density at radius 2 is 1.88 bits per heavy atom. The first-order valence-corrected chi connectivity index (χ1v) is 11.8. The number of phenolic OH excluding ortho intramolecular Hbond substituents is 1. The SMILES string of the molecule is CC(=O)OC1CC(C)(C=O)C(CCC(=O)c2ccc(C)c(O)c2)C2(C)CCCC(C)(C)C12. The van der Waals surface area contributed by atoms with Crippen molar-refractivity contribution < 1.29 is 24.2 Å². The highest BCUT2D eigenvalue weighted by Crippen LogP contribution is 2.65. The van der Waals surface area contributed by atoms with Crippen molar-refractivity contribution in [3.63, 3.8) is 0 Å². The van der Waals surface area contributed by atoms with Crippen LogP contribution in [0.4, 0.5) is 0 Å². The van der Waals surface area contributed by atoms with Crippen molar-refractivity contribution in [1.82, 2.24) is 0 Å². The molecule has 0 heterocycles. The molecule has 1 N–H and O–H groups in total. The number of aryl methyl sites for hydroxylation is 1. The minimum absolute atomic E-state index is 0.00637. The highest BCUT2D eigenvalue weighted by molar-refractivity contribution is 5.96. The van der Waals surface area contributed by atoms with Crippen molar-refractivity contribution in [3.8, 4) is 5.75 Å². The zero-order valence-electron chi connectivity index (χ0n) is 20.4. The Balaban J connectivity index is 1.93. The predicted octanol–water partition coefficient (Wildman–Crippen LogP) is 5.65. The largest absolute Gasteiger partial charge is 0.508 e. The molecule has 0 bridgehead atoms. The molecular formula is C27H38O5. The molecule has 0 radical (unpaired) electrons. The number of fused-ring (bicyclic) bond motifs is 1. The number of phenols is 1. The molecule has 1 aromatic carbocycles. The second-order valence-electron chi connectivity index (χ2n) is 11.3. The zero-order valence-corrected chi connectivity index (χ0v) is 20.4. The minimum Gasteiger partial charge on any atom is -0.508 e. The quantitative estimate of drug-likeness (QED) is 0.350.